The van der Waals surface area contributed by atoms with Crippen LogP contribution in [-0.4, -0.2) is 35.5 Å². The van der Waals surface area contributed by atoms with Crippen molar-refractivity contribution in [1.29, 1.82) is 0 Å². The molecule has 2 aromatic rings. The first kappa shape index (κ1) is 15.9. The highest BCUT2D eigenvalue weighted by molar-refractivity contribution is 7.88. The Morgan fingerprint density at radius 3 is 2.57 bits per heavy atom. The first-order valence-corrected chi connectivity index (χ1v) is 9.40. The molecule has 7 heteroatoms. The third-order valence-electron chi connectivity index (χ3n) is 4.14. The molecule has 6 nitrogen and oxygen atoms in total. The van der Waals surface area contributed by atoms with Crippen LogP contribution in [0.4, 0.5) is 0 Å². The van der Waals surface area contributed by atoms with Crippen LogP contribution in [0.2, 0.25) is 0 Å². The summed E-state index contributed by atoms with van der Waals surface area (Å²) in [5.74, 6) is 0.532. The van der Waals surface area contributed by atoms with Gasteiger partial charge in [-0.15, -0.1) is 0 Å². The SMILES string of the molecule is CCc1ccc(-c2nc3c(c(=O)[nH]2)CN(S(C)(=O)=O)CC3)cc1. The average molecular weight is 333 g/mol. The summed E-state index contributed by atoms with van der Waals surface area (Å²) >= 11 is 0. The van der Waals surface area contributed by atoms with E-state index in [2.05, 4.69) is 16.9 Å². The lowest BCUT2D eigenvalue weighted by atomic mass is 10.1. The molecule has 1 aromatic carbocycles. The fraction of sp³-hybridized carbons (Fsp3) is 0.375. The molecule has 0 atom stereocenters. The summed E-state index contributed by atoms with van der Waals surface area (Å²) in [6.07, 6.45) is 2.56. The van der Waals surface area contributed by atoms with Crippen LogP contribution in [-0.2, 0) is 29.4 Å². The Kier molecular flexibility index (Phi) is 4.08. The largest absolute Gasteiger partial charge is 0.306 e. The zero-order valence-electron chi connectivity index (χ0n) is 13.2. The molecule has 1 N–H and O–H groups in total. The molecule has 0 unspecified atom stereocenters. The summed E-state index contributed by atoms with van der Waals surface area (Å²) in [5.41, 5.74) is 2.93. The molecule has 3 rings (SSSR count). The van der Waals surface area contributed by atoms with Crippen molar-refractivity contribution in [2.75, 3.05) is 12.8 Å². The Morgan fingerprint density at radius 1 is 1.26 bits per heavy atom. The molecule has 122 valence electrons. The molecule has 0 spiro atoms. The minimum Gasteiger partial charge on any atom is -0.306 e. The number of aromatic nitrogens is 2. The monoisotopic (exact) mass is 333 g/mol. The Balaban J connectivity index is 1.98. The zero-order valence-corrected chi connectivity index (χ0v) is 14.0. The van der Waals surface area contributed by atoms with Crippen molar-refractivity contribution in [1.82, 2.24) is 14.3 Å². The van der Waals surface area contributed by atoms with Crippen LogP contribution in [0.5, 0.6) is 0 Å². The van der Waals surface area contributed by atoms with Crippen LogP contribution in [0.1, 0.15) is 23.7 Å². The molecular formula is C16H19N3O3S. The van der Waals surface area contributed by atoms with E-state index in [0.29, 0.717) is 30.0 Å². The molecule has 0 saturated carbocycles. The van der Waals surface area contributed by atoms with Gasteiger partial charge in [0.1, 0.15) is 5.82 Å². The molecule has 0 radical (unpaired) electrons. The molecule has 0 bridgehead atoms. The second-order valence-corrected chi connectivity index (χ2v) is 7.72. The number of hydrogen-bond donors (Lipinski definition) is 1. The van der Waals surface area contributed by atoms with Gasteiger partial charge >= 0.3 is 0 Å². The van der Waals surface area contributed by atoms with Crippen LogP contribution < -0.4 is 5.56 Å². The fourth-order valence-electron chi connectivity index (χ4n) is 2.72. The molecule has 1 aromatic heterocycles. The number of benzene rings is 1. The summed E-state index contributed by atoms with van der Waals surface area (Å²) in [6, 6.07) is 7.91. The van der Waals surface area contributed by atoms with Crippen molar-refractivity contribution in [2.24, 2.45) is 0 Å². The van der Waals surface area contributed by atoms with Crippen LogP contribution in [0.15, 0.2) is 29.1 Å². The van der Waals surface area contributed by atoms with E-state index in [-0.39, 0.29) is 12.1 Å². The number of H-pyrrole nitrogens is 1. The van der Waals surface area contributed by atoms with Gasteiger partial charge in [-0.2, -0.15) is 4.31 Å². The smallest absolute Gasteiger partial charge is 0.255 e. The van der Waals surface area contributed by atoms with E-state index in [4.69, 9.17) is 0 Å². The Morgan fingerprint density at radius 2 is 1.96 bits per heavy atom. The van der Waals surface area contributed by atoms with Crippen molar-refractivity contribution < 1.29 is 8.42 Å². The van der Waals surface area contributed by atoms with E-state index >= 15 is 0 Å². The van der Waals surface area contributed by atoms with Gasteiger partial charge in [0.05, 0.1) is 17.5 Å². The van der Waals surface area contributed by atoms with Crippen molar-refractivity contribution in [2.45, 2.75) is 26.3 Å². The quantitative estimate of drug-likeness (QED) is 0.918. The van der Waals surface area contributed by atoms with Gasteiger partial charge < -0.3 is 4.98 Å². The fourth-order valence-corrected chi connectivity index (χ4v) is 3.50. The second-order valence-electron chi connectivity index (χ2n) is 5.74. The van der Waals surface area contributed by atoms with E-state index in [1.165, 1.54) is 9.87 Å². The summed E-state index contributed by atoms with van der Waals surface area (Å²) in [5, 5.41) is 0. The van der Waals surface area contributed by atoms with Gasteiger partial charge in [-0.1, -0.05) is 31.2 Å². The van der Waals surface area contributed by atoms with Crippen molar-refractivity contribution >= 4 is 10.0 Å². The minimum absolute atomic E-state index is 0.0888. The van der Waals surface area contributed by atoms with Crippen LogP contribution >= 0.6 is 0 Å². The molecule has 2 heterocycles. The average Bonchev–Trinajstić information content (AvgIpc) is 2.53. The third kappa shape index (κ3) is 3.20. The van der Waals surface area contributed by atoms with Gasteiger partial charge in [0.25, 0.3) is 5.56 Å². The number of hydrogen-bond acceptors (Lipinski definition) is 4. The molecule has 23 heavy (non-hydrogen) atoms. The standard InChI is InChI=1S/C16H19N3O3S/c1-3-11-4-6-12(7-5-11)15-17-14-8-9-19(23(2,21)22)10-13(14)16(20)18-15/h4-7H,3,8-10H2,1-2H3,(H,17,18,20). The first-order chi connectivity index (χ1) is 10.9. The molecule has 1 aliphatic heterocycles. The van der Waals surface area contributed by atoms with Gasteiger partial charge in [0.2, 0.25) is 10.0 Å². The number of nitrogens with zero attached hydrogens (tertiary/aromatic N) is 2. The summed E-state index contributed by atoms with van der Waals surface area (Å²) in [4.78, 5) is 19.6. The number of aryl methyl sites for hydroxylation is 1. The maximum Gasteiger partial charge on any atom is 0.255 e. The number of fused-ring (bicyclic) bond motifs is 1. The maximum atomic E-state index is 12.3. The molecule has 0 amide bonds. The predicted molar refractivity (Wildman–Crippen MR) is 88.6 cm³/mol. The topological polar surface area (TPSA) is 83.1 Å². The lowest BCUT2D eigenvalue weighted by Gasteiger charge is -2.25. The lowest BCUT2D eigenvalue weighted by Crippen LogP contribution is -2.39. The van der Waals surface area contributed by atoms with E-state index in [1.54, 1.807) is 0 Å². The second kappa shape index (κ2) is 5.90. The van der Waals surface area contributed by atoms with E-state index < -0.39 is 10.0 Å². The molecule has 0 aliphatic carbocycles. The molecule has 0 saturated heterocycles. The minimum atomic E-state index is -3.30. The highest BCUT2D eigenvalue weighted by Gasteiger charge is 2.26. The Bertz CT molecular complexity index is 886. The van der Waals surface area contributed by atoms with Crippen LogP contribution in [0.25, 0.3) is 11.4 Å². The van der Waals surface area contributed by atoms with E-state index in [9.17, 15) is 13.2 Å². The third-order valence-corrected chi connectivity index (χ3v) is 5.39. The number of aromatic amines is 1. The van der Waals surface area contributed by atoms with E-state index in [0.717, 1.165) is 18.2 Å². The summed E-state index contributed by atoms with van der Waals surface area (Å²) in [7, 11) is -3.30. The number of rotatable bonds is 3. The van der Waals surface area contributed by atoms with Crippen molar-refractivity contribution in [3.63, 3.8) is 0 Å². The summed E-state index contributed by atoms with van der Waals surface area (Å²) in [6.45, 7) is 2.53. The maximum absolute atomic E-state index is 12.3. The zero-order chi connectivity index (χ0) is 16.6. The van der Waals surface area contributed by atoms with Gasteiger partial charge in [0.15, 0.2) is 0 Å². The highest BCUT2D eigenvalue weighted by atomic mass is 32.2. The van der Waals surface area contributed by atoms with Gasteiger partial charge in [-0.25, -0.2) is 13.4 Å². The normalized spacial score (nSPS) is 15.4. The van der Waals surface area contributed by atoms with Crippen LogP contribution in [0, 0.1) is 0 Å². The molecular weight excluding hydrogens is 314 g/mol. The van der Waals surface area contributed by atoms with Gasteiger partial charge in [-0.3, -0.25) is 4.79 Å². The van der Waals surface area contributed by atoms with Gasteiger partial charge in [0, 0.05) is 25.1 Å². The summed E-state index contributed by atoms with van der Waals surface area (Å²) < 4.78 is 24.6. The highest BCUT2D eigenvalue weighted by Crippen LogP contribution is 2.20. The predicted octanol–water partition coefficient (Wildman–Crippen LogP) is 1.32. The Hall–Kier alpha value is -1.99. The number of sulfonamides is 1. The van der Waals surface area contributed by atoms with Crippen LogP contribution in [0.3, 0.4) is 0 Å². The van der Waals surface area contributed by atoms with E-state index in [1.807, 2.05) is 24.3 Å². The first-order valence-electron chi connectivity index (χ1n) is 7.55. The molecule has 0 fully saturated rings. The molecule has 1 aliphatic rings. The van der Waals surface area contributed by atoms with Crippen molar-refractivity contribution in [3.8, 4) is 11.4 Å². The van der Waals surface area contributed by atoms with Gasteiger partial charge in [-0.05, 0) is 12.0 Å². The Labute approximate surface area is 135 Å². The number of nitrogens with one attached hydrogen (secondary N) is 1. The van der Waals surface area contributed by atoms with Crippen molar-refractivity contribution in [3.05, 3.63) is 51.4 Å². The lowest BCUT2D eigenvalue weighted by molar-refractivity contribution is 0.389.